The fraction of sp³-hybridized carbons (Fsp3) is 0.391. The minimum atomic E-state index is 0.0221. The third kappa shape index (κ3) is 4.05. The van der Waals surface area contributed by atoms with Crippen LogP contribution in [0.25, 0.3) is 32.6 Å². The van der Waals surface area contributed by atoms with E-state index >= 15 is 0 Å². The molecular weight excluding hydrogens is 408 g/mol. The highest BCUT2D eigenvalue weighted by Crippen LogP contribution is 2.36. The van der Waals surface area contributed by atoms with Gasteiger partial charge < -0.3 is 10.1 Å². The van der Waals surface area contributed by atoms with Crippen LogP contribution in [0.3, 0.4) is 0 Å². The number of aromatic amines is 1. The second kappa shape index (κ2) is 7.39. The minimum Gasteiger partial charge on any atom is -0.473 e. The maximum absolute atomic E-state index is 6.22. The van der Waals surface area contributed by atoms with Gasteiger partial charge in [0.15, 0.2) is 0 Å². The van der Waals surface area contributed by atoms with Gasteiger partial charge in [-0.2, -0.15) is 5.10 Å². The topological polar surface area (TPSA) is 88.6 Å². The van der Waals surface area contributed by atoms with Gasteiger partial charge in [-0.15, -0.1) is 21.5 Å². The number of piperidine rings is 1. The highest BCUT2D eigenvalue weighted by molar-refractivity contribution is 7.17. The van der Waals surface area contributed by atoms with Gasteiger partial charge in [-0.25, -0.2) is 4.98 Å². The molecule has 0 atom stereocenters. The van der Waals surface area contributed by atoms with Gasteiger partial charge in [-0.1, -0.05) is 12.1 Å². The number of nitrogens with one attached hydrogen (secondary N) is 2. The van der Waals surface area contributed by atoms with Crippen molar-refractivity contribution >= 4 is 21.6 Å². The second-order valence-electron chi connectivity index (χ2n) is 9.48. The molecule has 1 aliphatic heterocycles. The van der Waals surface area contributed by atoms with Gasteiger partial charge in [-0.05, 0) is 33.8 Å². The number of aromatic nitrogens is 5. The van der Waals surface area contributed by atoms with Crippen molar-refractivity contribution in [1.29, 1.82) is 0 Å². The first-order chi connectivity index (χ1) is 14.8. The Hall–Kier alpha value is -2.84. The molecule has 5 rings (SSSR count). The first-order valence-corrected chi connectivity index (χ1v) is 11.3. The van der Waals surface area contributed by atoms with E-state index in [0.29, 0.717) is 5.88 Å². The Morgan fingerprint density at radius 2 is 1.77 bits per heavy atom. The van der Waals surface area contributed by atoms with Crippen molar-refractivity contribution in [2.45, 2.75) is 57.7 Å². The van der Waals surface area contributed by atoms with Gasteiger partial charge in [0.25, 0.3) is 0 Å². The summed E-state index contributed by atoms with van der Waals surface area (Å²) >= 11 is 1.60. The summed E-state index contributed by atoms with van der Waals surface area (Å²) in [6, 6.07) is 8.03. The van der Waals surface area contributed by atoms with Crippen molar-refractivity contribution in [2.75, 3.05) is 0 Å². The van der Waals surface area contributed by atoms with Crippen molar-refractivity contribution in [1.82, 2.24) is 30.7 Å². The molecule has 1 saturated heterocycles. The van der Waals surface area contributed by atoms with E-state index in [2.05, 4.69) is 70.5 Å². The fourth-order valence-electron chi connectivity index (χ4n) is 4.79. The Labute approximate surface area is 185 Å². The maximum Gasteiger partial charge on any atom is 0.233 e. The van der Waals surface area contributed by atoms with Crippen molar-refractivity contribution in [3.8, 4) is 28.3 Å². The summed E-state index contributed by atoms with van der Waals surface area (Å²) < 4.78 is 7.31. The largest absolute Gasteiger partial charge is 0.473 e. The summed E-state index contributed by atoms with van der Waals surface area (Å²) in [5.74, 6) is 0.567. The predicted octanol–water partition coefficient (Wildman–Crippen LogP) is 4.83. The molecule has 2 N–H and O–H groups in total. The van der Waals surface area contributed by atoms with E-state index in [9.17, 15) is 0 Å². The van der Waals surface area contributed by atoms with Crippen LogP contribution in [0.1, 0.15) is 40.5 Å². The van der Waals surface area contributed by atoms with E-state index in [-0.39, 0.29) is 17.2 Å². The summed E-state index contributed by atoms with van der Waals surface area (Å²) in [5, 5.41) is 19.5. The molecule has 0 amide bonds. The highest BCUT2D eigenvalue weighted by atomic mass is 32.1. The van der Waals surface area contributed by atoms with Gasteiger partial charge in [0.1, 0.15) is 6.10 Å². The average molecular weight is 435 g/mol. The van der Waals surface area contributed by atoms with Crippen molar-refractivity contribution in [2.24, 2.45) is 0 Å². The van der Waals surface area contributed by atoms with Crippen LogP contribution in [-0.4, -0.2) is 42.6 Å². The Kier molecular flexibility index (Phi) is 4.79. The molecule has 4 heterocycles. The number of hydrogen-bond acceptors (Lipinski definition) is 7. The molecule has 1 aliphatic rings. The van der Waals surface area contributed by atoms with E-state index in [4.69, 9.17) is 4.74 Å². The smallest absolute Gasteiger partial charge is 0.233 e. The summed E-state index contributed by atoms with van der Waals surface area (Å²) in [5.41, 5.74) is 6.76. The molecule has 0 radical (unpaired) electrons. The third-order valence-corrected chi connectivity index (χ3v) is 6.51. The zero-order chi connectivity index (χ0) is 21.6. The standard InChI is InChI=1S/C23H26N6OS/c1-22(2)9-15(10-23(3,4)29-22)30-19-8-7-18(27-28-19)17-6-5-16(14-11-25-26-12-14)20-21(17)31-13-24-20/h5-8,11-13,15,29H,9-10H2,1-4H3,(H,25,26). The second-order valence-corrected chi connectivity index (χ2v) is 10.3. The van der Waals surface area contributed by atoms with Crippen molar-refractivity contribution < 1.29 is 4.74 Å². The quantitative estimate of drug-likeness (QED) is 0.478. The summed E-state index contributed by atoms with van der Waals surface area (Å²) in [6.45, 7) is 8.86. The molecule has 160 valence electrons. The molecule has 0 aliphatic carbocycles. The predicted molar refractivity (Wildman–Crippen MR) is 123 cm³/mol. The first-order valence-electron chi connectivity index (χ1n) is 10.5. The first kappa shape index (κ1) is 20.1. The summed E-state index contributed by atoms with van der Waals surface area (Å²) in [4.78, 5) is 4.58. The molecule has 1 fully saturated rings. The Morgan fingerprint density at radius 3 is 2.45 bits per heavy atom. The number of benzene rings is 1. The molecule has 4 aromatic rings. The lowest BCUT2D eigenvalue weighted by atomic mass is 9.81. The lowest BCUT2D eigenvalue weighted by Gasteiger charge is -2.46. The monoisotopic (exact) mass is 434 g/mol. The normalized spacial score (nSPS) is 18.3. The van der Waals surface area contributed by atoms with E-state index in [1.807, 2.05) is 30.0 Å². The number of fused-ring (bicyclic) bond motifs is 1. The SMILES string of the molecule is CC1(C)CC(Oc2ccc(-c3ccc(-c4cn[nH]c4)c4ncsc34)nn2)CC(C)(C)N1. The van der Waals surface area contributed by atoms with Crippen LogP contribution < -0.4 is 10.1 Å². The van der Waals surface area contributed by atoms with Crippen LogP contribution in [0, 0.1) is 0 Å². The summed E-state index contributed by atoms with van der Waals surface area (Å²) in [6.07, 6.45) is 5.65. The number of thiazole rings is 1. The van der Waals surface area contributed by atoms with Gasteiger partial charge in [0.05, 0.1) is 27.6 Å². The van der Waals surface area contributed by atoms with Crippen LogP contribution in [0.4, 0.5) is 0 Å². The van der Waals surface area contributed by atoms with E-state index in [1.165, 1.54) is 0 Å². The third-order valence-electron chi connectivity index (χ3n) is 5.65. The number of nitrogens with zero attached hydrogens (tertiary/aromatic N) is 4. The molecule has 8 heteroatoms. The number of ether oxygens (including phenoxy) is 1. The van der Waals surface area contributed by atoms with Gasteiger partial charge in [0.2, 0.25) is 5.88 Å². The van der Waals surface area contributed by atoms with E-state index in [1.54, 1.807) is 11.3 Å². The highest BCUT2D eigenvalue weighted by Gasteiger charge is 2.38. The maximum atomic E-state index is 6.22. The molecular formula is C23H26N6OS. The van der Waals surface area contributed by atoms with E-state index in [0.717, 1.165) is 45.4 Å². The lowest BCUT2D eigenvalue weighted by Crippen LogP contribution is -2.60. The van der Waals surface area contributed by atoms with Crippen molar-refractivity contribution in [3.05, 3.63) is 42.2 Å². The van der Waals surface area contributed by atoms with Crippen LogP contribution in [0.5, 0.6) is 5.88 Å². The Bertz CT molecular complexity index is 1180. The zero-order valence-corrected chi connectivity index (χ0v) is 19.0. The lowest BCUT2D eigenvalue weighted by molar-refractivity contribution is 0.0524. The minimum absolute atomic E-state index is 0.0221. The van der Waals surface area contributed by atoms with Crippen LogP contribution in [0.2, 0.25) is 0 Å². The van der Waals surface area contributed by atoms with Gasteiger partial charge in [0, 0.05) is 52.9 Å². The molecule has 0 unspecified atom stereocenters. The molecule has 3 aromatic heterocycles. The number of H-pyrrole nitrogens is 1. The zero-order valence-electron chi connectivity index (χ0n) is 18.1. The molecule has 31 heavy (non-hydrogen) atoms. The van der Waals surface area contributed by atoms with Crippen LogP contribution in [0.15, 0.2) is 42.2 Å². The number of rotatable bonds is 4. The summed E-state index contributed by atoms with van der Waals surface area (Å²) in [7, 11) is 0. The number of hydrogen-bond donors (Lipinski definition) is 2. The van der Waals surface area contributed by atoms with Crippen LogP contribution in [-0.2, 0) is 0 Å². The van der Waals surface area contributed by atoms with E-state index < -0.39 is 0 Å². The molecule has 0 saturated carbocycles. The average Bonchev–Trinajstić information content (AvgIpc) is 3.38. The van der Waals surface area contributed by atoms with Gasteiger partial charge in [-0.3, -0.25) is 5.10 Å². The van der Waals surface area contributed by atoms with Gasteiger partial charge >= 0.3 is 0 Å². The molecule has 0 bridgehead atoms. The molecule has 7 nitrogen and oxygen atoms in total. The fourth-order valence-corrected chi connectivity index (χ4v) is 5.63. The van der Waals surface area contributed by atoms with Crippen molar-refractivity contribution in [3.63, 3.8) is 0 Å². The Balaban J connectivity index is 1.40. The molecule has 1 aromatic carbocycles. The van der Waals surface area contributed by atoms with Crippen LogP contribution >= 0.6 is 11.3 Å². The Morgan fingerprint density at radius 1 is 1.00 bits per heavy atom. The molecule has 0 spiro atoms.